The third-order valence-electron chi connectivity index (χ3n) is 4.36. The Bertz CT molecular complexity index is 864. The fourth-order valence-corrected chi connectivity index (χ4v) is 2.86. The molecular formula is C23H23BrO. The minimum absolute atomic E-state index is 0.715. The summed E-state index contributed by atoms with van der Waals surface area (Å²) in [4.78, 5) is 10.6. The van der Waals surface area contributed by atoms with Crippen molar-refractivity contribution in [1.82, 2.24) is 0 Å². The second kappa shape index (κ2) is 8.77. The van der Waals surface area contributed by atoms with Gasteiger partial charge in [0.05, 0.1) is 0 Å². The molecule has 0 aliphatic rings. The Kier molecular flexibility index (Phi) is 6.72. The van der Waals surface area contributed by atoms with E-state index in [2.05, 4.69) is 80.0 Å². The molecule has 0 aromatic heterocycles. The van der Waals surface area contributed by atoms with Gasteiger partial charge >= 0.3 is 0 Å². The lowest BCUT2D eigenvalue weighted by Gasteiger charge is -2.05. The fourth-order valence-electron chi connectivity index (χ4n) is 2.38. The summed E-state index contributed by atoms with van der Waals surface area (Å²) in [7, 11) is 0. The summed E-state index contributed by atoms with van der Waals surface area (Å²) < 4.78 is 1.16. The number of aryl methyl sites for hydroxylation is 4. The van der Waals surface area contributed by atoms with Gasteiger partial charge < -0.3 is 0 Å². The quantitative estimate of drug-likeness (QED) is 0.434. The van der Waals surface area contributed by atoms with E-state index < -0.39 is 0 Å². The number of carbonyl (C=O) groups is 1. The normalized spacial score (nSPS) is 9.96. The van der Waals surface area contributed by atoms with E-state index in [1.165, 1.54) is 27.8 Å². The van der Waals surface area contributed by atoms with Crippen molar-refractivity contribution in [2.45, 2.75) is 27.7 Å². The average Bonchev–Trinajstić information content (AvgIpc) is 2.61. The third-order valence-corrected chi connectivity index (χ3v) is 4.85. The molecule has 3 aromatic carbocycles. The van der Waals surface area contributed by atoms with Gasteiger partial charge in [0.25, 0.3) is 0 Å². The molecule has 0 saturated carbocycles. The highest BCUT2D eigenvalue weighted by Gasteiger charge is 1.99. The molecule has 0 fully saturated rings. The molecule has 0 aliphatic carbocycles. The lowest BCUT2D eigenvalue weighted by Crippen LogP contribution is -1.84. The summed E-state index contributed by atoms with van der Waals surface area (Å²) in [5, 5.41) is 0. The van der Waals surface area contributed by atoms with Gasteiger partial charge in [-0.2, -0.15) is 0 Å². The number of benzene rings is 3. The van der Waals surface area contributed by atoms with E-state index in [-0.39, 0.29) is 0 Å². The van der Waals surface area contributed by atoms with Crippen molar-refractivity contribution in [3.8, 4) is 11.1 Å². The standard InChI is InChI=1S/C15H14O.C8H9Br/c1-11-3-6-15(9-12(11)2)14-7-4-13(10-16)5-8-14;1-6-3-4-8(9)5-7(6)2/h3-10H,1-2H3;3-5H,1-2H3. The van der Waals surface area contributed by atoms with Crippen molar-refractivity contribution < 1.29 is 4.79 Å². The second-order valence-corrected chi connectivity index (χ2v) is 7.18. The van der Waals surface area contributed by atoms with Crippen LogP contribution < -0.4 is 0 Å². The van der Waals surface area contributed by atoms with Crippen molar-refractivity contribution >= 4 is 22.2 Å². The van der Waals surface area contributed by atoms with Crippen LogP contribution in [-0.2, 0) is 0 Å². The van der Waals surface area contributed by atoms with Crippen LogP contribution in [0, 0.1) is 27.7 Å². The van der Waals surface area contributed by atoms with E-state index >= 15 is 0 Å². The summed E-state index contributed by atoms with van der Waals surface area (Å²) in [5.41, 5.74) is 8.33. The maximum absolute atomic E-state index is 10.6. The van der Waals surface area contributed by atoms with Crippen molar-refractivity contribution in [2.75, 3.05) is 0 Å². The Labute approximate surface area is 158 Å². The lowest BCUT2D eigenvalue weighted by atomic mass is 10.00. The van der Waals surface area contributed by atoms with E-state index in [1.54, 1.807) is 0 Å². The number of halogens is 1. The Morgan fingerprint density at radius 3 is 1.64 bits per heavy atom. The molecule has 2 heteroatoms. The molecule has 0 aliphatic heterocycles. The zero-order chi connectivity index (χ0) is 18.4. The van der Waals surface area contributed by atoms with Crippen LogP contribution >= 0.6 is 15.9 Å². The van der Waals surface area contributed by atoms with Crippen LogP contribution in [0.1, 0.15) is 32.6 Å². The minimum Gasteiger partial charge on any atom is -0.298 e. The highest BCUT2D eigenvalue weighted by molar-refractivity contribution is 9.10. The van der Waals surface area contributed by atoms with Crippen LogP contribution in [0.5, 0.6) is 0 Å². The van der Waals surface area contributed by atoms with Crippen LogP contribution in [0.2, 0.25) is 0 Å². The molecule has 128 valence electrons. The third kappa shape index (κ3) is 5.40. The van der Waals surface area contributed by atoms with Crippen molar-refractivity contribution in [3.63, 3.8) is 0 Å². The SMILES string of the molecule is Cc1ccc(-c2ccc(C=O)cc2)cc1C.Cc1ccc(Br)cc1C. The summed E-state index contributed by atoms with van der Waals surface area (Å²) in [6, 6.07) is 20.3. The van der Waals surface area contributed by atoms with Crippen LogP contribution in [0.25, 0.3) is 11.1 Å². The van der Waals surface area contributed by atoms with E-state index in [4.69, 9.17) is 0 Å². The van der Waals surface area contributed by atoms with Gasteiger partial charge in [0.2, 0.25) is 0 Å². The van der Waals surface area contributed by atoms with E-state index in [9.17, 15) is 4.79 Å². The van der Waals surface area contributed by atoms with Gasteiger partial charge in [-0.15, -0.1) is 0 Å². The summed E-state index contributed by atoms with van der Waals surface area (Å²) in [6.45, 7) is 8.44. The number of carbonyl (C=O) groups excluding carboxylic acids is 1. The molecule has 1 nitrogen and oxygen atoms in total. The maximum atomic E-state index is 10.6. The van der Waals surface area contributed by atoms with Crippen LogP contribution in [0.15, 0.2) is 65.1 Å². The summed E-state index contributed by atoms with van der Waals surface area (Å²) in [6.07, 6.45) is 0.865. The summed E-state index contributed by atoms with van der Waals surface area (Å²) in [5.74, 6) is 0. The van der Waals surface area contributed by atoms with E-state index in [0.29, 0.717) is 5.56 Å². The smallest absolute Gasteiger partial charge is 0.150 e. The first-order valence-corrected chi connectivity index (χ1v) is 9.05. The number of hydrogen-bond donors (Lipinski definition) is 0. The van der Waals surface area contributed by atoms with Gasteiger partial charge in [-0.05, 0) is 73.2 Å². The van der Waals surface area contributed by atoms with Crippen LogP contribution in [-0.4, -0.2) is 6.29 Å². The van der Waals surface area contributed by atoms with Crippen LogP contribution in [0.3, 0.4) is 0 Å². The van der Waals surface area contributed by atoms with E-state index in [1.807, 2.05) is 24.3 Å². The first-order chi connectivity index (χ1) is 11.9. The highest BCUT2D eigenvalue weighted by Crippen LogP contribution is 2.22. The second-order valence-electron chi connectivity index (χ2n) is 6.27. The van der Waals surface area contributed by atoms with Gasteiger partial charge in [0.1, 0.15) is 6.29 Å². The maximum Gasteiger partial charge on any atom is 0.150 e. The number of rotatable bonds is 2. The fraction of sp³-hybridized carbons (Fsp3) is 0.174. The number of hydrogen-bond acceptors (Lipinski definition) is 1. The molecule has 0 saturated heterocycles. The number of aldehydes is 1. The molecule has 0 unspecified atom stereocenters. The molecule has 0 amide bonds. The van der Waals surface area contributed by atoms with Crippen molar-refractivity contribution in [1.29, 1.82) is 0 Å². The molecular weight excluding hydrogens is 372 g/mol. The molecule has 3 rings (SSSR count). The molecule has 0 atom stereocenters. The molecule has 3 aromatic rings. The Hall–Kier alpha value is -2.19. The molecule has 0 heterocycles. The topological polar surface area (TPSA) is 17.1 Å². The van der Waals surface area contributed by atoms with Gasteiger partial charge in [-0.25, -0.2) is 0 Å². The summed E-state index contributed by atoms with van der Waals surface area (Å²) >= 11 is 3.40. The average molecular weight is 395 g/mol. The molecule has 0 radical (unpaired) electrons. The zero-order valence-electron chi connectivity index (χ0n) is 15.1. The highest BCUT2D eigenvalue weighted by atomic mass is 79.9. The van der Waals surface area contributed by atoms with Gasteiger partial charge in [0.15, 0.2) is 0 Å². The molecule has 0 spiro atoms. The van der Waals surface area contributed by atoms with Gasteiger partial charge in [-0.1, -0.05) is 64.5 Å². The largest absolute Gasteiger partial charge is 0.298 e. The zero-order valence-corrected chi connectivity index (χ0v) is 16.7. The first-order valence-electron chi connectivity index (χ1n) is 8.26. The Balaban J connectivity index is 0.000000212. The molecule has 25 heavy (non-hydrogen) atoms. The van der Waals surface area contributed by atoms with Crippen LogP contribution in [0.4, 0.5) is 0 Å². The minimum atomic E-state index is 0.715. The lowest BCUT2D eigenvalue weighted by molar-refractivity contribution is 0.112. The predicted molar refractivity (Wildman–Crippen MR) is 110 cm³/mol. The molecule has 0 N–H and O–H groups in total. The van der Waals surface area contributed by atoms with Crippen molar-refractivity contribution in [2.24, 2.45) is 0 Å². The predicted octanol–water partition coefficient (Wildman–Crippen LogP) is 6.85. The first kappa shape index (κ1) is 19.1. The monoisotopic (exact) mass is 394 g/mol. The molecule has 0 bridgehead atoms. The Morgan fingerprint density at radius 2 is 1.16 bits per heavy atom. The Morgan fingerprint density at radius 1 is 0.640 bits per heavy atom. The van der Waals surface area contributed by atoms with Gasteiger partial charge in [-0.3, -0.25) is 4.79 Å². The van der Waals surface area contributed by atoms with Gasteiger partial charge in [0, 0.05) is 10.0 Å². The van der Waals surface area contributed by atoms with E-state index in [0.717, 1.165) is 16.3 Å². The van der Waals surface area contributed by atoms with Crippen molar-refractivity contribution in [3.05, 3.63) is 93.0 Å².